The Kier molecular flexibility index (Phi) is 3.64. The topological polar surface area (TPSA) is 43.1 Å². The molecule has 1 aromatic rings. The number of hydrogen-bond donors (Lipinski definition) is 1. The molecule has 0 aliphatic heterocycles. The fourth-order valence-electron chi connectivity index (χ4n) is 1.43. The SMILES string of the molecule is CC(Cc1ccccc1C=O)C(C)(C)N. The third-order valence-corrected chi connectivity index (χ3v) is 2.98. The quantitative estimate of drug-likeness (QED) is 0.767. The molecule has 2 N–H and O–H groups in total. The van der Waals surface area contributed by atoms with Crippen molar-refractivity contribution in [3.63, 3.8) is 0 Å². The van der Waals surface area contributed by atoms with Crippen molar-refractivity contribution in [3.8, 4) is 0 Å². The van der Waals surface area contributed by atoms with Crippen molar-refractivity contribution in [3.05, 3.63) is 35.4 Å². The molecule has 2 heteroatoms. The molecule has 0 fully saturated rings. The van der Waals surface area contributed by atoms with Gasteiger partial charge in [0.2, 0.25) is 0 Å². The second-order valence-corrected chi connectivity index (χ2v) is 4.74. The van der Waals surface area contributed by atoms with Crippen molar-refractivity contribution in [1.29, 1.82) is 0 Å². The lowest BCUT2D eigenvalue weighted by Gasteiger charge is -2.27. The van der Waals surface area contributed by atoms with Gasteiger partial charge in [-0.2, -0.15) is 0 Å². The first-order valence-corrected chi connectivity index (χ1v) is 5.27. The van der Waals surface area contributed by atoms with Crippen molar-refractivity contribution in [2.75, 3.05) is 0 Å². The Morgan fingerprint density at radius 1 is 1.40 bits per heavy atom. The highest BCUT2D eigenvalue weighted by Gasteiger charge is 2.21. The average Bonchev–Trinajstić information content (AvgIpc) is 2.17. The summed E-state index contributed by atoms with van der Waals surface area (Å²) in [7, 11) is 0. The van der Waals surface area contributed by atoms with E-state index < -0.39 is 0 Å². The van der Waals surface area contributed by atoms with E-state index in [1.807, 2.05) is 38.1 Å². The largest absolute Gasteiger partial charge is 0.325 e. The van der Waals surface area contributed by atoms with Crippen molar-refractivity contribution in [2.24, 2.45) is 11.7 Å². The highest BCUT2D eigenvalue weighted by Crippen LogP contribution is 2.20. The minimum Gasteiger partial charge on any atom is -0.325 e. The van der Waals surface area contributed by atoms with Crippen molar-refractivity contribution in [2.45, 2.75) is 32.7 Å². The normalized spacial score (nSPS) is 13.6. The molecule has 15 heavy (non-hydrogen) atoms. The maximum atomic E-state index is 10.8. The molecule has 0 aromatic heterocycles. The lowest BCUT2D eigenvalue weighted by Crippen LogP contribution is -2.40. The lowest BCUT2D eigenvalue weighted by atomic mass is 9.84. The van der Waals surface area contributed by atoms with E-state index in [4.69, 9.17) is 5.73 Å². The lowest BCUT2D eigenvalue weighted by molar-refractivity contribution is 0.112. The Morgan fingerprint density at radius 2 is 2.00 bits per heavy atom. The Bertz CT molecular complexity index is 339. The number of carbonyl (C=O) groups is 1. The van der Waals surface area contributed by atoms with Crippen LogP contribution in [0.15, 0.2) is 24.3 Å². The summed E-state index contributed by atoms with van der Waals surface area (Å²) in [5, 5.41) is 0. The van der Waals surface area contributed by atoms with Gasteiger partial charge in [0.05, 0.1) is 0 Å². The second-order valence-electron chi connectivity index (χ2n) is 4.74. The number of benzene rings is 1. The van der Waals surface area contributed by atoms with Gasteiger partial charge in [-0.3, -0.25) is 4.79 Å². The zero-order chi connectivity index (χ0) is 11.5. The van der Waals surface area contributed by atoms with Crippen molar-refractivity contribution >= 4 is 6.29 Å². The molecular formula is C13H19NO. The highest BCUT2D eigenvalue weighted by atomic mass is 16.1. The minimum atomic E-state index is -0.212. The predicted octanol–water partition coefficient (Wildman–Crippen LogP) is 2.42. The fourth-order valence-corrected chi connectivity index (χ4v) is 1.43. The van der Waals surface area contributed by atoms with Crippen LogP contribution in [0.4, 0.5) is 0 Å². The van der Waals surface area contributed by atoms with E-state index in [0.29, 0.717) is 5.92 Å². The van der Waals surface area contributed by atoms with Gasteiger partial charge in [0.25, 0.3) is 0 Å². The number of hydrogen-bond acceptors (Lipinski definition) is 2. The Hall–Kier alpha value is -1.15. The van der Waals surface area contributed by atoms with Crippen LogP contribution in [0.2, 0.25) is 0 Å². The van der Waals surface area contributed by atoms with Crippen LogP contribution in [0.5, 0.6) is 0 Å². The highest BCUT2D eigenvalue weighted by molar-refractivity contribution is 5.77. The van der Waals surface area contributed by atoms with Gasteiger partial charge in [-0.05, 0) is 31.7 Å². The Morgan fingerprint density at radius 3 is 2.53 bits per heavy atom. The summed E-state index contributed by atoms with van der Waals surface area (Å²) in [6.45, 7) is 6.14. The molecule has 0 amide bonds. The second kappa shape index (κ2) is 4.58. The van der Waals surface area contributed by atoms with Gasteiger partial charge in [0.1, 0.15) is 6.29 Å². The summed E-state index contributed by atoms with van der Waals surface area (Å²) in [5.74, 6) is 0.346. The third-order valence-electron chi connectivity index (χ3n) is 2.98. The first-order valence-electron chi connectivity index (χ1n) is 5.27. The summed E-state index contributed by atoms with van der Waals surface area (Å²) >= 11 is 0. The molecule has 0 radical (unpaired) electrons. The summed E-state index contributed by atoms with van der Waals surface area (Å²) in [4.78, 5) is 10.8. The van der Waals surface area contributed by atoms with E-state index in [9.17, 15) is 4.79 Å². The van der Waals surface area contributed by atoms with Crippen molar-refractivity contribution in [1.82, 2.24) is 0 Å². The van der Waals surface area contributed by atoms with E-state index in [-0.39, 0.29) is 5.54 Å². The van der Waals surface area contributed by atoms with Crippen LogP contribution in [0, 0.1) is 5.92 Å². The predicted molar refractivity (Wildman–Crippen MR) is 63.0 cm³/mol. The number of rotatable bonds is 4. The van der Waals surface area contributed by atoms with E-state index in [2.05, 4.69) is 6.92 Å². The smallest absolute Gasteiger partial charge is 0.150 e. The maximum absolute atomic E-state index is 10.8. The summed E-state index contributed by atoms with van der Waals surface area (Å²) in [6, 6.07) is 7.68. The van der Waals surface area contributed by atoms with E-state index in [1.54, 1.807) is 0 Å². The minimum absolute atomic E-state index is 0.212. The van der Waals surface area contributed by atoms with Crippen molar-refractivity contribution < 1.29 is 4.79 Å². The van der Waals surface area contributed by atoms with Crippen LogP contribution >= 0.6 is 0 Å². The maximum Gasteiger partial charge on any atom is 0.150 e. The summed E-state index contributed by atoms with van der Waals surface area (Å²) in [5.41, 5.74) is 7.67. The summed E-state index contributed by atoms with van der Waals surface area (Å²) < 4.78 is 0. The van der Waals surface area contributed by atoms with Gasteiger partial charge in [-0.15, -0.1) is 0 Å². The standard InChI is InChI=1S/C13H19NO/c1-10(13(2,3)14)8-11-6-4-5-7-12(11)9-15/h4-7,9-10H,8,14H2,1-3H3. The number of carbonyl (C=O) groups excluding carboxylic acids is 1. The van der Waals surface area contributed by atoms with Crippen LogP contribution in [0.25, 0.3) is 0 Å². The van der Waals surface area contributed by atoms with E-state index in [1.165, 1.54) is 0 Å². The molecule has 0 aliphatic rings. The third kappa shape index (κ3) is 3.17. The first kappa shape index (κ1) is 11.9. The van der Waals surface area contributed by atoms with Gasteiger partial charge in [-0.25, -0.2) is 0 Å². The van der Waals surface area contributed by atoms with Gasteiger partial charge >= 0.3 is 0 Å². The molecule has 1 rings (SSSR count). The van der Waals surface area contributed by atoms with E-state index >= 15 is 0 Å². The van der Waals surface area contributed by atoms with Crippen LogP contribution in [-0.4, -0.2) is 11.8 Å². The molecule has 0 spiro atoms. The monoisotopic (exact) mass is 205 g/mol. The number of nitrogens with two attached hydrogens (primary N) is 1. The van der Waals surface area contributed by atoms with Gasteiger partial charge in [0.15, 0.2) is 0 Å². The molecule has 0 heterocycles. The Balaban J connectivity index is 2.85. The zero-order valence-corrected chi connectivity index (χ0v) is 9.66. The molecule has 0 saturated carbocycles. The Labute approximate surface area is 91.5 Å². The molecule has 2 nitrogen and oxygen atoms in total. The fraction of sp³-hybridized carbons (Fsp3) is 0.462. The van der Waals surface area contributed by atoms with Gasteiger partial charge in [-0.1, -0.05) is 31.2 Å². The zero-order valence-electron chi connectivity index (χ0n) is 9.66. The molecule has 1 atom stereocenters. The van der Waals surface area contributed by atoms with Crippen LogP contribution in [0.1, 0.15) is 36.7 Å². The van der Waals surface area contributed by atoms with Gasteiger partial charge < -0.3 is 5.73 Å². The number of aldehydes is 1. The van der Waals surface area contributed by atoms with E-state index in [0.717, 1.165) is 23.8 Å². The van der Waals surface area contributed by atoms with Crippen LogP contribution in [0.3, 0.4) is 0 Å². The van der Waals surface area contributed by atoms with Crippen LogP contribution in [-0.2, 0) is 6.42 Å². The first-order chi connectivity index (χ1) is 6.95. The molecule has 0 aliphatic carbocycles. The molecule has 0 saturated heterocycles. The molecular weight excluding hydrogens is 186 g/mol. The molecule has 0 bridgehead atoms. The molecule has 1 unspecified atom stereocenters. The van der Waals surface area contributed by atoms with Crippen LogP contribution < -0.4 is 5.73 Å². The van der Waals surface area contributed by atoms with Gasteiger partial charge in [0, 0.05) is 11.1 Å². The summed E-state index contributed by atoms with van der Waals surface area (Å²) in [6.07, 6.45) is 1.75. The average molecular weight is 205 g/mol. The molecule has 82 valence electrons. The molecule has 1 aromatic carbocycles.